The number of para-hydroxylation sites is 2. The number of hydrogen-bond donors (Lipinski definition) is 1. The molecule has 1 aliphatic heterocycles. The van der Waals surface area contributed by atoms with Gasteiger partial charge in [0.05, 0.1) is 18.0 Å². The van der Waals surface area contributed by atoms with E-state index in [2.05, 4.69) is 5.32 Å². The lowest BCUT2D eigenvalue weighted by atomic mass is 10.2. The molecule has 0 bridgehead atoms. The highest BCUT2D eigenvalue weighted by Crippen LogP contribution is 2.28. The Morgan fingerprint density at radius 2 is 2.00 bits per heavy atom. The average Bonchev–Trinajstić information content (AvgIpc) is 2.70. The number of halogens is 1. The zero-order valence-corrected chi connectivity index (χ0v) is 16.7. The van der Waals surface area contributed by atoms with E-state index >= 15 is 0 Å². The molecule has 0 aromatic heterocycles. The van der Waals surface area contributed by atoms with Gasteiger partial charge < -0.3 is 14.8 Å². The molecule has 7 nitrogen and oxygen atoms in total. The van der Waals surface area contributed by atoms with Crippen molar-refractivity contribution < 1.29 is 23.9 Å². The number of ether oxygens (including phenoxy) is 2. The first kappa shape index (κ1) is 20.7. The maximum absolute atomic E-state index is 12.4. The lowest BCUT2D eigenvalue weighted by Gasteiger charge is -2.28. The van der Waals surface area contributed by atoms with Gasteiger partial charge in [0.1, 0.15) is 12.3 Å². The van der Waals surface area contributed by atoms with Crippen molar-refractivity contribution in [3.05, 3.63) is 53.1 Å². The van der Waals surface area contributed by atoms with E-state index in [0.29, 0.717) is 35.2 Å². The number of fused-ring (bicyclic) bond motifs is 1. The number of aryl methyl sites for hydroxylation is 1. The van der Waals surface area contributed by atoms with E-state index in [-0.39, 0.29) is 18.9 Å². The third-order valence-electron chi connectivity index (χ3n) is 4.35. The maximum Gasteiger partial charge on any atom is 0.306 e. The summed E-state index contributed by atoms with van der Waals surface area (Å²) in [5.74, 6) is -0.531. The molecule has 1 aliphatic rings. The Morgan fingerprint density at radius 1 is 1.21 bits per heavy atom. The van der Waals surface area contributed by atoms with Crippen LogP contribution in [0.3, 0.4) is 0 Å². The van der Waals surface area contributed by atoms with E-state index in [0.717, 1.165) is 5.56 Å². The van der Waals surface area contributed by atoms with Gasteiger partial charge in [-0.15, -0.1) is 0 Å². The highest BCUT2D eigenvalue weighted by Gasteiger charge is 2.27. The van der Waals surface area contributed by atoms with Gasteiger partial charge in [-0.1, -0.05) is 23.7 Å². The fraction of sp³-hybridized carbons (Fsp3) is 0.286. The Hall–Kier alpha value is -3.06. The molecule has 0 fully saturated rings. The second kappa shape index (κ2) is 9.43. The molecule has 0 aliphatic carbocycles. The van der Waals surface area contributed by atoms with Crippen LogP contribution in [-0.4, -0.2) is 37.5 Å². The number of carbonyl (C=O) groups excluding carboxylic acids is 3. The molecule has 0 saturated heterocycles. The molecular weight excluding hydrogens is 396 g/mol. The smallest absolute Gasteiger partial charge is 0.306 e. The minimum absolute atomic E-state index is 0.109. The number of amides is 2. The molecule has 0 atom stereocenters. The van der Waals surface area contributed by atoms with Crippen molar-refractivity contribution in [1.82, 2.24) is 0 Å². The van der Waals surface area contributed by atoms with Gasteiger partial charge in [0.2, 0.25) is 5.91 Å². The number of rotatable bonds is 7. The number of anilines is 2. The molecule has 0 spiro atoms. The second-order valence-electron chi connectivity index (χ2n) is 6.57. The number of carbonyl (C=O) groups is 3. The van der Waals surface area contributed by atoms with Gasteiger partial charge in [-0.05, 0) is 49.2 Å². The van der Waals surface area contributed by atoms with Crippen molar-refractivity contribution in [2.24, 2.45) is 0 Å². The van der Waals surface area contributed by atoms with Crippen LogP contribution in [0, 0.1) is 6.92 Å². The molecule has 2 aromatic rings. The molecule has 2 amide bonds. The summed E-state index contributed by atoms with van der Waals surface area (Å²) in [6.45, 7) is 1.70. The SMILES string of the molecule is Cc1cc(Cl)ccc1OCCCC(=O)OCC(=O)N1CC(=O)Nc2ccccc21. The first-order valence-corrected chi connectivity index (χ1v) is 9.55. The van der Waals surface area contributed by atoms with Crippen molar-refractivity contribution in [3.8, 4) is 5.75 Å². The van der Waals surface area contributed by atoms with Gasteiger partial charge in [-0.25, -0.2) is 0 Å². The monoisotopic (exact) mass is 416 g/mol. The van der Waals surface area contributed by atoms with Crippen molar-refractivity contribution in [2.75, 3.05) is 30.0 Å². The third-order valence-corrected chi connectivity index (χ3v) is 4.58. The highest BCUT2D eigenvalue weighted by atomic mass is 35.5. The van der Waals surface area contributed by atoms with Crippen LogP contribution in [0.25, 0.3) is 0 Å². The van der Waals surface area contributed by atoms with Crippen LogP contribution in [0.15, 0.2) is 42.5 Å². The zero-order chi connectivity index (χ0) is 20.8. The van der Waals surface area contributed by atoms with E-state index in [4.69, 9.17) is 21.1 Å². The summed E-state index contributed by atoms with van der Waals surface area (Å²) in [6.07, 6.45) is 0.570. The molecule has 29 heavy (non-hydrogen) atoms. The quantitative estimate of drug-likeness (QED) is 0.552. The molecule has 152 valence electrons. The van der Waals surface area contributed by atoms with Crippen LogP contribution >= 0.6 is 11.6 Å². The van der Waals surface area contributed by atoms with E-state index in [1.165, 1.54) is 4.90 Å². The predicted octanol–water partition coefficient (Wildman–Crippen LogP) is 3.34. The fourth-order valence-electron chi connectivity index (χ4n) is 2.92. The first-order chi connectivity index (χ1) is 13.9. The van der Waals surface area contributed by atoms with Crippen LogP contribution in [0.1, 0.15) is 18.4 Å². The fourth-order valence-corrected chi connectivity index (χ4v) is 3.15. The number of hydrogen-bond acceptors (Lipinski definition) is 5. The summed E-state index contributed by atoms with van der Waals surface area (Å²) in [5.41, 5.74) is 2.05. The van der Waals surface area contributed by atoms with Gasteiger partial charge in [0.15, 0.2) is 6.61 Å². The first-order valence-electron chi connectivity index (χ1n) is 9.18. The molecule has 8 heteroatoms. The second-order valence-corrected chi connectivity index (χ2v) is 7.00. The van der Waals surface area contributed by atoms with Gasteiger partial charge in [0, 0.05) is 11.4 Å². The van der Waals surface area contributed by atoms with E-state index < -0.39 is 18.5 Å². The Bertz CT molecular complexity index is 931. The van der Waals surface area contributed by atoms with E-state index in [1.807, 2.05) is 6.92 Å². The molecule has 0 radical (unpaired) electrons. The average molecular weight is 417 g/mol. The third kappa shape index (κ3) is 5.48. The summed E-state index contributed by atoms with van der Waals surface area (Å²) in [5, 5.41) is 3.34. The summed E-state index contributed by atoms with van der Waals surface area (Å²) >= 11 is 5.90. The molecule has 3 rings (SSSR count). The number of esters is 1. The molecule has 0 saturated carbocycles. The van der Waals surface area contributed by atoms with Crippen molar-refractivity contribution in [3.63, 3.8) is 0 Å². The highest BCUT2D eigenvalue weighted by molar-refractivity contribution is 6.30. The van der Waals surface area contributed by atoms with Gasteiger partial charge >= 0.3 is 5.97 Å². The lowest BCUT2D eigenvalue weighted by molar-refractivity contribution is -0.148. The molecular formula is C21H21ClN2O5. The summed E-state index contributed by atoms with van der Waals surface area (Å²) in [7, 11) is 0. The van der Waals surface area contributed by atoms with Gasteiger partial charge in [0.25, 0.3) is 5.91 Å². The Balaban J connectivity index is 1.42. The largest absolute Gasteiger partial charge is 0.493 e. The number of benzene rings is 2. The van der Waals surface area contributed by atoms with Crippen molar-refractivity contribution >= 4 is 40.8 Å². The summed E-state index contributed by atoms with van der Waals surface area (Å²) in [4.78, 5) is 37.4. The topological polar surface area (TPSA) is 84.9 Å². The Labute approximate surface area is 173 Å². The maximum atomic E-state index is 12.4. The standard InChI is InChI=1S/C21H21ClN2O5/c1-14-11-15(22)8-9-18(14)28-10-4-7-21(27)29-13-20(26)24-12-19(25)23-16-5-2-3-6-17(16)24/h2-3,5-6,8-9,11H,4,7,10,12-13H2,1H3,(H,23,25). The van der Waals surface area contributed by atoms with Crippen molar-refractivity contribution in [1.29, 1.82) is 0 Å². The Kier molecular flexibility index (Phi) is 6.72. The Morgan fingerprint density at radius 3 is 2.79 bits per heavy atom. The van der Waals surface area contributed by atoms with E-state index in [9.17, 15) is 14.4 Å². The van der Waals surface area contributed by atoms with Gasteiger partial charge in [-0.2, -0.15) is 0 Å². The normalized spacial score (nSPS) is 12.8. The molecule has 2 aromatic carbocycles. The van der Waals surface area contributed by atoms with Crippen LogP contribution < -0.4 is 15.0 Å². The van der Waals surface area contributed by atoms with Crippen LogP contribution in [0.4, 0.5) is 11.4 Å². The molecule has 0 unspecified atom stereocenters. The lowest BCUT2D eigenvalue weighted by Crippen LogP contribution is -2.44. The van der Waals surface area contributed by atoms with Crippen molar-refractivity contribution in [2.45, 2.75) is 19.8 Å². The molecule has 1 heterocycles. The summed E-state index contributed by atoms with van der Waals surface area (Å²) in [6, 6.07) is 12.3. The van der Waals surface area contributed by atoms with Crippen LogP contribution in [0.2, 0.25) is 5.02 Å². The molecule has 1 N–H and O–H groups in total. The number of nitrogens with zero attached hydrogens (tertiary/aromatic N) is 1. The summed E-state index contributed by atoms with van der Waals surface area (Å²) < 4.78 is 10.7. The minimum atomic E-state index is -0.496. The van der Waals surface area contributed by atoms with Crippen LogP contribution in [0.5, 0.6) is 5.75 Å². The van der Waals surface area contributed by atoms with Crippen LogP contribution in [-0.2, 0) is 19.1 Å². The van der Waals surface area contributed by atoms with Gasteiger partial charge in [-0.3, -0.25) is 19.3 Å². The van der Waals surface area contributed by atoms with E-state index in [1.54, 1.807) is 42.5 Å². The predicted molar refractivity (Wildman–Crippen MR) is 109 cm³/mol. The number of nitrogens with one attached hydrogen (secondary N) is 1. The zero-order valence-electron chi connectivity index (χ0n) is 15.9. The minimum Gasteiger partial charge on any atom is -0.493 e.